The van der Waals surface area contributed by atoms with Crippen LogP contribution >= 0.6 is 12.6 Å². The Hall–Kier alpha value is 0.100. The minimum atomic E-state index is -4.15. The summed E-state index contributed by atoms with van der Waals surface area (Å²) in [6.07, 6.45) is -2.83. The Balaban J connectivity index is 2.55. The van der Waals surface area contributed by atoms with Crippen LogP contribution in [0.5, 0.6) is 0 Å². The SMILES string of the molecule is FC(F)(F)C1NCCCC1S. The maximum atomic E-state index is 12.1. The van der Waals surface area contributed by atoms with Crippen molar-refractivity contribution in [1.29, 1.82) is 0 Å². The number of alkyl halides is 3. The molecule has 66 valence electrons. The average molecular weight is 185 g/mol. The van der Waals surface area contributed by atoms with Gasteiger partial charge in [0, 0.05) is 5.25 Å². The normalized spacial score (nSPS) is 33.8. The van der Waals surface area contributed by atoms with Crippen molar-refractivity contribution < 1.29 is 13.2 Å². The van der Waals surface area contributed by atoms with Gasteiger partial charge in [0.15, 0.2) is 0 Å². The first-order valence-electron chi connectivity index (χ1n) is 3.50. The van der Waals surface area contributed by atoms with Crippen molar-refractivity contribution >= 4 is 12.6 Å². The van der Waals surface area contributed by atoms with E-state index in [-0.39, 0.29) is 0 Å². The molecule has 0 amide bonds. The van der Waals surface area contributed by atoms with E-state index in [4.69, 9.17) is 0 Å². The maximum Gasteiger partial charge on any atom is 0.404 e. The lowest BCUT2D eigenvalue weighted by Gasteiger charge is -2.30. The van der Waals surface area contributed by atoms with Gasteiger partial charge in [0.05, 0.1) is 0 Å². The average Bonchev–Trinajstić information content (AvgIpc) is 1.86. The van der Waals surface area contributed by atoms with E-state index >= 15 is 0 Å². The summed E-state index contributed by atoms with van der Waals surface area (Å²) in [6, 6.07) is -1.42. The summed E-state index contributed by atoms with van der Waals surface area (Å²) in [7, 11) is 0. The van der Waals surface area contributed by atoms with Crippen molar-refractivity contribution in [3.05, 3.63) is 0 Å². The lowest BCUT2D eigenvalue weighted by molar-refractivity contribution is -0.158. The highest BCUT2D eigenvalue weighted by Crippen LogP contribution is 2.28. The quantitative estimate of drug-likeness (QED) is 0.546. The fourth-order valence-electron chi connectivity index (χ4n) is 1.21. The van der Waals surface area contributed by atoms with E-state index in [0.29, 0.717) is 13.0 Å². The second-order valence-corrected chi connectivity index (χ2v) is 3.35. The third kappa shape index (κ3) is 2.27. The maximum absolute atomic E-state index is 12.1. The summed E-state index contributed by atoms with van der Waals surface area (Å²) in [5.41, 5.74) is 0. The molecule has 1 rings (SSSR count). The van der Waals surface area contributed by atoms with Crippen molar-refractivity contribution in [2.24, 2.45) is 0 Å². The lowest BCUT2D eigenvalue weighted by Crippen LogP contribution is -2.51. The molecule has 1 nitrogen and oxygen atoms in total. The number of thiol groups is 1. The molecule has 1 fully saturated rings. The van der Waals surface area contributed by atoms with Gasteiger partial charge < -0.3 is 5.32 Å². The van der Waals surface area contributed by atoms with Crippen LogP contribution in [0.15, 0.2) is 0 Å². The lowest BCUT2D eigenvalue weighted by atomic mass is 10.0. The summed E-state index contributed by atoms with van der Waals surface area (Å²) in [5.74, 6) is 0. The zero-order chi connectivity index (χ0) is 8.48. The summed E-state index contributed by atoms with van der Waals surface area (Å²) < 4.78 is 36.2. The third-order valence-corrected chi connectivity index (χ3v) is 2.33. The monoisotopic (exact) mass is 185 g/mol. The molecule has 1 heterocycles. The molecule has 0 spiro atoms. The molecule has 0 saturated carbocycles. The molecule has 0 aliphatic carbocycles. The highest BCUT2D eigenvalue weighted by Gasteiger charge is 2.44. The van der Waals surface area contributed by atoms with Crippen molar-refractivity contribution in [3.63, 3.8) is 0 Å². The second-order valence-electron chi connectivity index (χ2n) is 2.68. The van der Waals surface area contributed by atoms with Gasteiger partial charge in [-0.3, -0.25) is 0 Å². The molecule has 0 aromatic heterocycles. The number of halogens is 3. The highest BCUT2D eigenvalue weighted by molar-refractivity contribution is 7.81. The first kappa shape index (κ1) is 9.19. The topological polar surface area (TPSA) is 12.0 Å². The Bertz CT molecular complexity index is 136. The summed E-state index contributed by atoms with van der Waals surface area (Å²) in [5, 5.41) is 1.83. The molecule has 1 saturated heterocycles. The van der Waals surface area contributed by atoms with Crippen molar-refractivity contribution in [2.45, 2.75) is 30.3 Å². The van der Waals surface area contributed by atoms with Gasteiger partial charge in [-0.05, 0) is 19.4 Å². The second kappa shape index (κ2) is 3.23. The fourth-order valence-corrected chi connectivity index (χ4v) is 1.66. The molecular formula is C6H10F3NS. The van der Waals surface area contributed by atoms with E-state index in [1.54, 1.807) is 0 Å². The molecule has 2 unspecified atom stereocenters. The molecule has 11 heavy (non-hydrogen) atoms. The summed E-state index contributed by atoms with van der Waals surface area (Å²) >= 11 is 3.87. The number of hydrogen-bond acceptors (Lipinski definition) is 2. The Morgan fingerprint density at radius 2 is 2.00 bits per heavy atom. The van der Waals surface area contributed by atoms with Crippen LogP contribution in [0.1, 0.15) is 12.8 Å². The molecule has 0 radical (unpaired) electrons. The van der Waals surface area contributed by atoms with Gasteiger partial charge >= 0.3 is 6.18 Å². The first-order chi connectivity index (χ1) is 5.02. The number of rotatable bonds is 0. The Kier molecular flexibility index (Phi) is 2.70. The largest absolute Gasteiger partial charge is 0.404 e. The van der Waals surface area contributed by atoms with Crippen LogP contribution in [-0.2, 0) is 0 Å². The van der Waals surface area contributed by atoms with E-state index in [1.807, 2.05) is 0 Å². The zero-order valence-electron chi connectivity index (χ0n) is 5.86. The minimum Gasteiger partial charge on any atom is -0.305 e. The predicted molar refractivity (Wildman–Crippen MR) is 39.9 cm³/mol. The first-order valence-corrected chi connectivity index (χ1v) is 4.01. The van der Waals surface area contributed by atoms with E-state index in [0.717, 1.165) is 6.42 Å². The van der Waals surface area contributed by atoms with E-state index in [2.05, 4.69) is 17.9 Å². The van der Waals surface area contributed by atoms with Crippen LogP contribution in [0.4, 0.5) is 13.2 Å². The fraction of sp³-hybridized carbons (Fsp3) is 1.00. The number of hydrogen-bond donors (Lipinski definition) is 2. The standard InChI is InChI=1S/C6H10F3NS/c7-6(8,9)5-4(11)2-1-3-10-5/h4-5,10-11H,1-3H2. The summed E-state index contributed by atoms with van der Waals surface area (Å²) in [6.45, 7) is 0.446. The molecule has 0 aromatic carbocycles. The predicted octanol–water partition coefficient (Wildman–Crippen LogP) is 1.60. The van der Waals surface area contributed by atoms with Crippen molar-refractivity contribution in [1.82, 2.24) is 5.32 Å². The van der Waals surface area contributed by atoms with Gasteiger partial charge in [-0.25, -0.2) is 0 Å². The van der Waals surface area contributed by atoms with Gasteiger partial charge in [0.1, 0.15) is 6.04 Å². The Morgan fingerprint density at radius 1 is 1.36 bits per heavy atom. The van der Waals surface area contributed by atoms with Crippen molar-refractivity contribution in [2.75, 3.05) is 6.54 Å². The van der Waals surface area contributed by atoms with Gasteiger partial charge in [-0.15, -0.1) is 0 Å². The van der Waals surface area contributed by atoms with Crippen LogP contribution in [0.25, 0.3) is 0 Å². The van der Waals surface area contributed by atoms with Gasteiger partial charge in [0.2, 0.25) is 0 Å². The van der Waals surface area contributed by atoms with Crippen LogP contribution in [-0.4, -0.2) is 24.0 Å². The minimum absolute atomic E-state index is 0.446. The van der Waals surface area contributed by atoms with Crippen LogP contribution < -0.4 is 5.32 Å². The van der Waals surface area contributed by atoms with E-state index in [9.17, 15) is 13.2 Å². The van der Waals surface area contributed by atoms with E-state index < -0.39 is 17.5 Å². The third-order valence-electron chi connectivity index (χ3n) is 1.78. The number of piperidine rings is 1. The zero-order valence-corrected chi connectivity index (χ0v) is 6.75. The van der Waals surface area contributed by atoms with Crippen LogP contribution in [0.3, 0.4) is 0 Å². The van der Waals surface area contributed by atoms with Crippen LogP contribution in [0, 0.1) is 0 Å². The molecule has 0 aromatic rings. The molecule has 2 atom stereocenters. The molecule has 1 N–H and O–H groups in total. The van der Waals surface area contributed by atoms with Gasteiger partial charge in [-0.2, -0.15) is 25.8 Å². The van der Waals surface area contributed by atoms with Crippen molar-refractivity contribution in [3.8, 4) is 0 Å². The molecule has 0 bridgehead atoms. The molecule has 1 aliphatic rings. The molecular weight excluding hydrogens is 175 g/mol. The Morgan fingerprint density at radius 3 is 2.36 bits per heavy atom. The molecule has 1 aliphatic heterocycles. The van der Waals surface area contributed by atoms with Crippen LogP contribution in [0.2, 0.25) is 0 Å². The molecule has 5 heteroatoms. The smallest absolute Gasteiger partial charge is 0.305 e. The van der Waals surface area contributed by atoms with Gasteiger partial charge in [0.25, 0.3) is 0 Å². The van der Waals surface area contributed by atoms with E-state index in [1.165, 1.54) is 0 Å². The van der Waals surface area contributed by atoms with Gasteiger partial charge in [-0.1, -0.05) is 0 Å². The number of nitrogens with one attached hydrogen (secondary N) is 1. The highest BCUT2D eigenvalue weighted by atomic mass is 32.1. The Labute approximate surface area is 68.8 Å². The summed E-state index contributed by atoms with van der Waals surface area (Å²) in [4.78, 5) is 0.